The van der Waals surface area contributed by atoms with Crippen molar-refractivity contribution in [2.75, 3.05) is 25.1 Å². The van der Waals surface area contributed by atoms with Crippen molar-refractivity contribution in [1.29, 1.82) is 0 Å². The minimum atomic E-state index is -4.16. The first-order valence-corrected chi connectivity index (χ1v) is 14.8. The molecule has 41 heavy (non-hydrogen) atoms. The van der Waals surface area contributed by atoms with E-state index in [2.05, 4.69) is 5.32 Å². The molecule has 0 unspecified atom stereocenters. The van der Waals surface area contributed by atoms with Gasteiger partial charge in [0, 0.05) is 18.2 Å². The number of benzene rings is 3. The summed E-state index contributed by atoms with van der Waals surface area (Å²) in [6.07, 6.45) is 0.328. The highest BCUT2D eigenvalue weighted by Crippen LogP contribution is 2.28. The average Bonchev–Trinajstić information content (AvgIpc) is 2.95. The van der Waals surface area contributed by atoms with Gasteiger partial charge in [0.1, 0.15) is 24.1 Å². The molecule has 10 heteroatoms. The first-order chi connectivity index (χ1) is 19.4. The second kappa shape index (κ2) is 13.5. The number of amides is 2. The summed E-state index contributed by atoms with van der Waals surface area (Å²) < 4.78 is 39.4. The Morgan fingerprint density at radius 1 is 0.878 bits per heavy atom. The van der Waals surface area contributed by atoms with Crippen molar-refractivity contribution in [3.05, 3.63) is 84.4 Å². The maximum Gasteiger partial charge on any atom is 0.264 e. The molecule has 0 heterocycles. The largest absolute Gasteiger partial charge is 0.497 e. The van der Waals surface area contributed by atoms with Crippen molar-refractivity contribution in [2.45, 2.75) is 57.1 Å². The standard InChI is InChI=1S/C31H39N3O6S/c1-7-28(30(36)32-31(2,3)4)33(21-23-16-18-25(39-5)19-17-23)29(35)22-34(24-12-11-13-26(20-24)40-6)41(37,38)27-14-9-8-10-15-27/h8-20,28H,7,21-22H2,1-6H3,(H,32,36)/t28-/m1/s1. The minimum Gasteiger partial charge on any atom is -0.497 e. The Bertz CT molecular complexity index is 1420. The summed E-state index contributed by atoms with van der Waals surface area (Å²) in [5.41, 5.74) is 0.501. The molecule has 0 aromatic heterocycles. The van der Waals surface area contributed by atoms with Crippen LogP contribution in [0.3, 0.4) is 0 Å². The van der Waals surface area contributed by atoms with Gasteiger partial charge in [-0.15, -0.1) is 0 Å². The second-order valence-electron chi connectivity index (χ2n) is 10.6. The lowest BCUT2D eigenvalue weighted by Gasteiger charge is -2.34. The number of methoxy groups -OCH3 is 2. The second-order valence-corrected chi connectivity index (χ2v) is 12.4. The summed E-state index contributed by atoms with van der Waals surface area (Å²) in [6.45, 7) is 6.98. The Balaban J connectivity index is 2.07. The summed E-state index contributed by atoms with van der Waals surface area (Å²) in [5.74, 6) is 0.247. The van der Waals surface area contributed by atoms with Gasteiger partial charge in [-0.3, -0.25) is 13.9 Å². The molecule has 0 aliphatic rings. The van der Waals surface area contributed by atoms with Crippen molar-refractivity contribution < 1.29 is 27.5 Å². The highest BCUT2D eigenvalue weighted by atomic mass is 32.2. The molecule has 2 amide bonds. The van der Waals surface area contributed by atoms with Crippen molar-refractivity contribution in [2.24, 2.45) is 0 Å². The zero-order valence-corrected chi connectivity index (χ0v) is 25.3. The normalized spacial score (nSPS) is 12.2. The average molecular weight is 582 g/mol. The van der Waals surface area contributed by atoms with Gasteiger partial charge in [0.15, 0.2) is 0 Å². The lowest BCUT2D eigenvalue weighted by atomic mass is 10.1. The molecule has 0 bridgehead atoms. The van der Waals surface area contributed by atoms with Crippen molar-refractivity contribution in [1.82, 2.24) is 10.2 Å². The molecule has 0 spiro atoms. The molecule has 0 radical (unpaired) electrons. The van der Waals surface area contributed by atoms with Gasteiger partial charge in [0.05, 0.1) is 24.8 Å². The van der Waals surface area contributed by atoms with E-state index in [1.165, 1.54) is 24.1 Å². The number of nitrogens with zero attached hydrogens (tertiary/aromatic N) is 2. The molecule has 0 fully saturated rings. The van der Waals surface area contributed by atoms with E-state index in [9.17, 15) is 18.0 Å². The van der Waals surface area contributed by atoms with Gasteiger partial charge in [0.25, 0.3) is 10.0 Å². The summed E-state index contributed by atoms with van der Waals surface area (Å²) in [4.78, 5) is 29.0. The first kappa shape index (κ1) is 31.5. The van der Waals surface area contributed by atoms with E-state index >= 15 is 0 Å². The molecule has 1 atom stereocenters. The van der Waals surface area contributed by atoms with Crippen LogP contribution in [-0.2, 0) is 26.2 Å². The molecular formula is C31H39N3O6S. The van der Waals surface area contributed by atoms with Gasteiger partial charge >= 0.3 is 0 Å². The molecule has 0 aliphatic heterocycles. The third-order valence-electron chi connectivity index (χ3n) is 6.35. The van der Waals surface area contributed by atoms with E-state index in [0.717, 1.165) is 9.87 Å². The molecule has 220 valence electrons. The van der Waals surface area contributed by atoms with E-state index in [0.29, 0.717) is 17.9 Å². The van der Waals surface area contributed by atoms with Crippen molar-refractivity contribution in [3.63, 3.8) is 0 Å². The number of hydrogen-bond acceptors (Lipinski definition) is 6. The van der Waals surface area contributed by atoms with Gasteiger partial charge in [-0.05, 0) is 69.2 Å². The molecular weight excluding hydrogens is 542 g/mol. The monoisotopic (exact) mass is 581 g/mol. The van der Waals surface area contributed by atoms with E-state index < -0.39 is 34.1 Å². The third kappa shape index (κ3) is 8.23. The molecule has 0 saturated carbocycles. The number of sulfonamides is 1. The van der Waals surface area contributed by atoms with Crippen LogP contribution in [-0.4, -0.2) is 57.5 Å². The Kier molecular flexibility index (Phi) is 10.4. The zero-order valence-electron chi connectivity index (χ0n) is 24.5. The Labute approximate surface area is 243 Å². The van der Waals surface area contributed by atoms with Crippen LogP contribution in [0.5, 0.6) is 11.5 Å². The summed E-state index contributed by atoms with van der Waals surface area (Å²) >= 11 is 0. The van der Waals surface area contributed by atoms with Crippen LogP contribution in [0.2, 0.25) is 0 Å². The number of carbonyl (C=O) groups is 2. The Morgan fingerprint density at radius 3 is 2.07 bits per heavy atom. The zero-order chi connectivity index (χ0) is 30.2. The SMILES string of the molecule is CC[C@H](C(=O)NC(C)(C)C)N(Cc1ccc(OC)cc1)C(=O)CN(c1cccc(OC)c1)S(=O)(=O)c1ccccc1. The fraction of sp³-hybridized carbons (Fsp3) is 0.355. The van der Waals surface area contributed by atoms with E-state index in [1.807, 2.05) is 39.8 Å². The lowest BCUT2D eigenvalue weighted by Crippen LogP contribution is -2.55. The van der Waals surface area contributed by atoms with Crippen LogP contribution in [0.25, 0.3) is 0 Å². The van der Waals surface area contributed by atoms with Crippen LogP contribution in [0, 0.1) is 0 Å². The smallest absolute Gasteiger partial charge is 0.264 e. The maximum atomic E-state index is 14.1. The van der Waals surface area contributed by atoms with Crippen LogP contribution in [0.15, 0.2) is 83.8 Å². The molecule has 3 aromatic rings. The summed E-state index contributed by atoms with van der Waals surface area (Å²) in [6, 6.07) is 20.8. The Hall–Kier alpha value is -4.05. The highest BCUT2D eigenvalue weighted by molar-refractivity contribution is 7.92. The molecule has 3 rings (SSSR count). The van der Waals surface area contributed by atoms with E-state index in [1.54, 1.807) is 61.7 Å². The number of hydrogen-bond donors (Lipinski definition) is 1. The first-order valence-electron chi connectivity index (χ1n) is 13.4. The van der Waals surface area contributed by atoms with Crippen molar-refractivity contribution >= 4 is 27.5 Å². The topological polar surface area (TPSA) is 105 Å². The third-order valence-corrected chi connectivity index (χ3v) is 8.14. The van der Waals surface area contributed by atoms with Crippen LogP contribution < -0.4 is 19.1 Å². The predicted octanol–water partition coefficient (Wildman–Crippen LogP) is 4.62. The molecule has 3 aromatic carbocycles. The fourth-order valence-corrected chi connectivity index (χ4v) is 5.74. The lowest BCUT2D eigenvalue weighted by molar-refractivity contribution is -0.141. The quantitative estimate of drug-likeness (QED) is 0.335. The maximum absolute atomic E-state index is 14.1. The molecule has 0 aliphatic carbocycles. The highest BCUT2D eigenvalue weighted by Gasteiger charge is 2.34. The van der Waals surface area contributed by atoms with E-state index in [-0.39, 0.29) is 23.0 Å². The van der Waals surface area contributed by atoms with Gasteiger partial charge in [-0.1, -0.05) is 43.3 Å². The molecule has 0 saturated heterocycles. The number of nitrogens with one attached hydrogen (secondary N) is 1. The fourth-order valence-electron chi connectivity index (χ4n) is 4.31. The van der Waals surface area contributed by atoms with Crippen molar-refractivity contribution in [3.8, 4) is 11.5 Å². The van der Waals surface area contributed by atoms with Gasteiger partial charge in [-0.2, -0.15) is 0 Å². The van der Waals surface area contributed by atoms with E-state index in [4.69, 9.17) is 9.47 Å². The van der Waals surface area contributed by atoms with Gasteiger partial charge in [-0.25, -0.2) is 8.42 Å². The van der Waals surface area contributed by atoms with Gasteiger partial charge in [0.2, 0.25) is 11.8 Å². The Morgan fingerprint density at radius 2 is 1.51 bits per heavy atom. The van der Waals surface area contributed by atoms with Gasteiger partial charge < -0.3 is 19.7 Å². The van der Waals surface area contributed by atoms with Crippen LogP contribution >= 0.6 is 0 Å². The van der Waals surface area contributed by atoms with Crippen LogP contribution in [0.1, 0.15) is 39.7 Å². The number of carbonyl (C=O) groups excluding carboxylic acids is 2. The number of ether oxygens (including phenoxy) is 2. The predicted molar refractivity (Wildman–Crippen MR) is 159 cm³/mol. The number of anilines is 1. The van der Waals surface area contributed by atoms with Crippen LogP contribution in [0.4, 0.5) is 5.69 Å². The summed E-state index contributed by atoms with van der Waals surface area (Å²) in [5, 5.41) is 2.96. The molecule has 1 N–H and O–H groups in total. The molecule has 9 nitrogen and oxygen atoms in total. The minimum absolute atomic E-state index is 0.0369. The number of rotatable bonds is 12. The summed E-state index contributed by atoms with van der Waals surface area (Å²) in [7, 11) is -1.11.